The van der Waals surface area contributed by atoms with Gasteiger partial charge in [-0.3, -0.25) is 34.3 Å². The van der Waals surface area contributed by atoms with E-state index in [0.717, 1.165) is 75.3 Å². The Balaban J connectivity index is 0.971. The van der Waals surface area contributed by atoms with Gasteiger partial charge in [-0.2, -0.15) is 0 Å². The number of hydrogen-bond acceptors (Lipinski definition) is 8. The fraction of sp³-hybridized carbons (Fsp3) is 0.621. The van der Waals surface area contributed by atoms with Gasteiger partial charge in [0.1, 0.15) is 6.04 Å². The van der Waals surface area contributed by atoms with Crippen molar-refractivity contribution in [2.75, 3.05) is 44.6 Å². The SMILES string of the molecule is N#CB1CCC(N2CCN(CCCCCCNc3ccc4c(c3)C(=O)N(C3CCC(=O)NC3=O)C4=O)CC2)CC1. The molecule has 2 N–H and O–H groups in total. The highest BCUT2D eigenvalue weighted by Crippen LogP contribution is 2.30. The van der Waals surface area contributed by atoms with Gasteiger partial charge in [-0.15, -0.1) is 0 Å². The molecule has 0 spiro atoms. The number of nitriles is 1. The third-order valence-corrected chi connectivity index (χ3v) is 8.97. The van der Waals surface area contributed by atoms with E-state index in [-0.39, 0.29) is 25.5 Å². The number of hydrogen-bond donors (Lipinski definition) is 2. The molecule has 4 aliphatic heterocycles. The van der Waals surface area contributed by atoms with Gasteiger partial charge >= 0.3 is 0 Å². The lowest BCUT2D eigenvalue weighted by atomic mass is 9.42. The number of carbonyl (C=O) groups excluding carboxylic acids is 4. The van der Waals surface area contributed by atoms with Crippen LogP contribution in [0, 0.1) is 11.2 Å². The number of nitrogens with zero attached hydrogens (tertiary/aromatic N) is 4. The maximum atomic E-state index is 13.0. The minimum atomic E-state index is -0.944. The molecule has 212 valence electrons. The summed E-state index contributed by atoms with van der Waals surface area (Å²) in [6.45, 7) is 6.77. The van der Waals surface area contributed by atoms with Crippen LogP contribution in [0.5, 0.6) is 0 Å². The maximum absolute atomic E-state index is 13.0. The van der Waals surface area contributed by atoms with Crippen molar-refractivity contribution in [2.45, 2.75) is 76.1 Å². The molecule has 4 amide bonds. The van der Waals surface area contributed by atoms with Gasteiger partial charge in [-0.1, -0.05) is 25.5 Å². The predicted octanol–water partition coefficient (Wildman–Crippen LogP) is 2.40. The Morgan fingerprint density at radius 2 is 1.65 bits per heavy atom. The van der Waals surface area contributed by atoms with Gasteiger partial charge in [0.05, 0.1) is 11.1 Å². The molecule has 0 saturated carbocycles. The molecule has 1 aromatic rings. The van der Waals surface area contributed by atoms with Crippen LogP contribution in [0.3, 0.4) is 0 Å². The van der Waals surface area contributed by atoms with E-state index in [9.17, 15) is 19.2 Å². The fourth-order valence-electron chi connectivity index (χ4n) is 6.55. The number of piperidine rings is 1. The number of nitrogens with one attached hydrogen (secondary N) is 2. The van der Waals surface area contributed by atoms with Crippen LogP contribution in [-0.4, -0.2) is 96.4 Å². The lowest BCUT2D eigenvalue weighted by Gasteiger charge is -2.41. The van der Waals surface area contributed by atoms with E-state index in [1.54, 1.807) is 18.2 Å². The predicted molar refractivity (Wildman–Crippen MR) is 152 cm³/mol. The minimum absolute atomic E-state index is 0.110. The molecular formula is C29H39BN6O4. The zero-order chi connectivity index (χ0) is 28.1. The lowest BCUT2D eigenvalue weighted by Crippen LogP contribution is -2.54. The Hall–Kier alpha value is -3.23. The molecule has 0 radical (unpaired) electrons. The first kappa shape index (κ1) is 28.3. The van der Waals surface area contributed by atoms with Gasteiger partial charge in [0.25, 0.3) is 18.5 Å². The Morgan fingerprint density at radius 1 is 0.925 bits per heavy atom. The molecule has 4 heterocycles. The average molecular weight is 546 g/mol. The normalized spacial score (nSPS) is 22.8. The summed E-state index contributed by atoms with van der Waals surface area (Å²) >= 11 is 0. The van der Waals surface area contributed by atoms with Crippen LogP contribution >= 0.6 is 0 Å². The second-order valence-electron chi connectivity index (χ2n) is 11.6. The third-order valence-electron chi connectivity index (χ3n) is 8.97. The number of amides is 4. The highest BCUT2D eigenvalue weighted by Gasteiger charge is 2.44. The van der Waals surface area contributed by atoms with Gasteiger partial charge in [-0.05, 0) is 56.8 Å². The van der Waals surface area contributed by atoms with Gasteiger partial charge < -0.3 is 10.2 Å². The molecule has 40 heavy (non-hydrogen) atoms. The summed E-state index contributed by atoms with van der Waals surface area (Å²) in [6, 6.07) is 4.86. The molecule has 1 aromatic carbocycles. The second kappa shape index (κ2) is 13.0. The summed E-state index contributed by atoms with van der Waals surface area (Å²) in [6.07, 6.45) is 9.25. The largest absolute Gasteiger partial charge is 0.385 e. The number of benzene rings is 1. The van der Waals surface area contributed by atoms with Gasteiger partial charge in [0, 0.05) is 56.8 Å². The smallest absolute Gasteiger partial charge is 0.267 e. The van der Waals surface area contributed by atoms with Crippen LogP contribution in [-0.2, 0) is 9.59 Å². The number of anilines is 1. The van der Waals surface area contributed by atoms with E-state index in [2.05, 4.69) is 26.4 Å². The van der Waals surface area contributed by atoms with Crippen molar-refractivity contribution in [3.8, 4) is 5.97 Å². The van der Waals surface area contributed by atoms with E-state index in [1.807, 2.05) is 0 Å². The third kappa shape index (κ3) is 6.39. The van der Waals surface area contributed by atoms with Crippen molar-refractivity contribution in [3.63, 3.8) is 0 Å². The Kier molecular flexibility index (Phi) is 9.17. The molecule has 1 atom stereocenters. The van der Waals surface area contributed by atoms with E-state index in [1.165, 1.54) is 25.7 Å². The van der Waals surface area contributed by atoms with Crippen LogP contribution in [0.15, 0.2) is 18.2 Å². The molecule has 3 saturated heterocycles. The molecular weight excluding hydrogens is 507 g/mol. The summed E-state index contributed by atoms with van der Waals surface area (Å²) in [5.74, 6) is 0.496. The number of fused-ring (bicyclic) bond motifs is 1. The monoisotopic (exact) mass is 546 g/mol. The van der Waals surface area contributed by atoms with Crippen molar-refractivity contribution >= 4 is 36.0 Å². The molecule has 10 nitrogen and oxygen atoms in total. The Labute approximate surface area is 236 Å². The standard InChI is InChI=1S/C29H39BN6O4/c31-20-30-11-9-22(10-12-30)35-17-15-34(16-18-35)14-4-2-1-3-13-32-21-5-6-23-24(19-21)29(40)36(28(23)39)25-7-8-26(37)33-27(25)38/h5-6,19,22,25,32H,1-4,7-18H2,(H,33,37,38). The van der Waals surface area contributed by atoms with Gasteiger partial charge in [0.15, 0.2) is 0 Å². The quantitative estimate of drug-likeness (QED) is 0.260. The molecule has 5 rings (SSSR count). The summed E-state index contributed by atoms with van der Waals surface area (Å²) in [5.41, 5.74) is 1.38. The summed E-state index contributed by atoms with van der Waals surface area (Å²) in [4.78, 5) is 55.7. The molecule has 0 aliphatic carbocycles. The summed E-state index contributed by atoms with van der Waals surface area (Å²) < 4.78 is 0. The highest BCUT2D eigenvalue weighted by molar-refractivity contribution is 6.67. The van der Waals surface area contributed by atoms with Gasteiger partial charge in [0.2, 0.25) is 11.8 Å². The van der Waals surface area contributed by atoms with E-state index >= 15 is 0 Å². The molecule has 3 fully saturated rings. The highest BCUT2D eigenvalue weighted by atomic mass is 16.2. The van der Waals surface area contributed by atoms with E-state index < -0.39 is 23.8 Å². The van der Waals surface area contributed by atoms with Crippen LogP contribution in [0.2, 0.25) is 12.6 Å². The van der Waals surface area contributed by atoms with Crippen molar-refractivity contribution < 1.29 is 19.2 Å². The molecule has 0 aromatic heterocycles. The zero-order valence-corrected chi connectivity index (χ0v) is 23.2. The van der Waals surface area contributed by atoms with Crippen molar-refractivity contribution in [3.05, 3.63) is 29.3 Å². The minimum Gasteiger partial charge on any atom is -0.385 e. The lowest BCUT2D eigenvalue weighted by molar-refractivity contribution is -0.136. The second-order valence-corrected chi connectivity index (χ2v) is 11.6. The fourth-order valence-corrected chi connectivity index (χ4v) is 6.55. The molecule has 0 bridgehead atoms. The first-order valence-corrected chi connectivity index (χ1v) is 14.9. The Morgan fingerprint density at radius 3 is 2.38 bits per heavy atom. The topological polar surface area (TPSA) is 126 Å². The molecule has 4 aliphatic rings. The number of rotatable bonds is 10. The number of piperazine rings is 1. The van der Waals surface area contributed by atoms with Crippen molar-refractivity contribution in [1.82, 2.24) is 20.0 Å². The van der Waals surface area contributed by atoms with Crippen molar-refractivity contribution in [2.24, 2.45) is 0 Å². The summed E-state index contributed by atoms with van der Waals surface area (Å²) in [5, 5.41) is 14.7. The number of carbonyl (C=O) groups is 4. The average Bonchev–Trinajstić information content (AvgIpc) is 3.21. The Bertz CT molecular complexity index is 1170. The van der Waals surface area contributed by atoms with Crippen LogP contribution in [0.25, 0.3) is 0 Å². The first-order chi connectivity index (χ1) is 19.4. The van der Waals surface area contributed by atoms with Crippen LogP contribution in [0.1, 0.15) is 72.1 Å². The molecule has 11 heteroatoms. The van der Waals surface area contributed by atoms with Crippen LogP contribution < -0.4 is 10.6 Å². The van der Waals surface area contributed by atoms with Crippen molar-refractivity contribution in [1.29, 1.82) is 5.26 Å². The van der Waals surface area contributed by atoms with Gasteiger partial charge in [-0.25, -0.2) is 5.26 Å². The number of imide groups is 2. The zero-order valence-electron chi connectivity index (χ0n) is 23.2. The number of unbranched alkanes of at least 4 members (excludes halogenated alkanes) is 3. The first-order valence-electron chi connectivity index (χ1n) is 14.9. The maximum Gasteiger partial charge on any atom is 0.267 e. The van der Waals surface area contributed by atoms with E-state index in [0.29, 0.717) is 17.2 Å². The molecule has 1 unspecified atom stereocenters. The van der Waals surface area contributed by atoms with E-state index in [4.69, 9.17) is 5.26 Å². The van der Waals surface area contributed by atoms with Crippen LogP contribution in [0.4, 0.5) is 5.69 Å². The summed E-state index contributed by atoms with van der Waals surface area (Å²) in [7, 11) is 0.